The Hall–Kier alpha value is -2.94. The van der Waals surface area contributed by atoms with E-state index in [4.69, 9.17) is 23.7 Å². The Kier molecular flexibility index (Phi) is 2.53. The monoisotopic (exact) mass is 394 g/mol. The van der Waals surface area contributed by atoms with E-state index < -0.39 is 29.9 Å². The normalized spacial score (nSPS) is 36.9. The molecule has 8 heteroatoms. The van der Waals surface area contributed by atoms with E-state index in [0.29, 0.717) is 28.2 Å². The zero-order chi connectivity index (χ0) is 19.7. The first kappa shape index (κ1) is 15.9. The van der Waals surface area contributed by atoms with Crippen LogP contribution in [0.5, 0.6) is 17.2 Å². The van der Waals surface area contributed by atoms with Gasteiger partial charge in [0, 0.05) is 19.1 Å². The maximum atomic E-state index is 12.8. The number of ether oxygens (including phenoxy) is 5. The molecule has 0 amide bonds. The Morgan fingerprint density at radius 3 is 2.69 bits per heavy atom. The van der Waals surface area contributed by atoms with Gasteiger partial charge in [0.2, 0.25) is 0 Å². The largest absolute Gasteiger partial charge is 0.507 e. The molecule has 2 aliphatic carbocycles. The summed E-state index contributed by atoms with van der Waals surface area (Å²) in [5, 5.41) is 10.4. The summed E-state index contributed by atoms with van der Waals surface area (Å²) in [6.07, 6.45) is -2.12. The van der Waals surface area contributed by atoms with Gasteiger partial charge >= 0.3 is 0 Å². The highest BCUT2D eigenvalue weighted by molar-refractivity contribution is 6.07. The molecule has 8 nitrogen and oxygen atoms in total. The van der Waals surface area contributed by atoms with Crippen molar-refractivity contribution in [2.24, 2.45) is 0 Å². The highest BCUT2D eigenvalue weighted by Crippen LogP contribution is 2.65. The minimum absolute atomic E-state index is 0.0667. The van der Waals surface area contributed by atoms with Gasteiger partial charge in [-0.05, 0) is 18.2 Å². The Morgan fingerprint density at radius 2 is 1.86 bits per heavy atom. The SMILES string of the molecule is CO[C@H]1CC(=O)c2cccc3c2[C@]12Oc1ccc(O)c4c1[C@](O3)(O2)[C@H]1O[C@H]1C4=O. The van der Waals surface area contributed by atoms with Crippen LogP contribution in [0, 0.1) is 0 Å². The number of aromatic hydroxyl groups is 1. The highest BCUT2D eigenvalue weighted by atomic mass is 16.8. The van der Waals surface area contributed by atoms with Crippen LogP contribution in [0.1, 0.15) is 38.3 Å². The van der Waals surface area contributed by atoms with Gasteiger partial charge in [0.25, 0.3) is 11.6 Å². The second-order valence-corrected chi connectivity index (χ2v) is 7.85. The first-order valence-electron chi connectivity index (χ1n) is 9.34. The molecule has 146 valence electrons. The molecule has 0 aromatic heterocycles. The van der Waals surface area contributed by atoms with Crippen LogP contribution < -0.4 is 9.47 Å². The van der Waals surface area contributed by atoms with Gasteiger partial charge in [0.15, 0.2) is 23.8 Å². The van der Waals surface area contributed by atoms with Crippen molar-refractivity contribution in [1.82, 2.24) is 0 Å². The first-order valence-corrected chi connectivity index (χ1v) is 9.34. The topological polar surface area (TPSA) is 104 Å². The van der Waals surface area contributed by atoms with Crippen LogP contribution >= 0.6 is 0 Å². The van der Waals surface area contributed by atoms with Crippen LogP contribution in [0.2, 0.25) is 0 Å². The molecule has 2 aromatic carbocycles. The average molecular weight is 394 g/mol. The van der Waals surface area contributed by atoms with Gasteiger partial charge in [0.1, 0.15) is 23.4 Å². The minimum Gasteiger partial charge on any atom is -0.507 e. The summed E-state index contributed by atoms with van der Waals surface area (Å²) in [6, 6.07) is 8.15. The number of hydrogen-bond acceptors (Lipinski definition) is 8. The second-order valence-electron chi connectivity index (χ2n) is 7.85. The molecule has 7 rings (SSSR count). The van der Waals surface area contributed by atoms with Gasteiger partial charge in [-0.3, -0.25) is 14.3 Å². The molecule has 29 heavy (non-hydrogen) atoms. The molecule has 1 N–H and O–H groups in total. The van der Waals surface area contributed by atoms with Crippen molar-refractivity contribution in [3.63, 3.8) is 0 Å². The van der Waals surface area contributed by atoms with E-state index in [9.17, 15) is 14.7 Å². The standard InChI is InChI=1S/C21H14O8/c1-25-13-7-10(23)8-3-2-4-11-15(8)20(13)27-12-6-5-9(22)14-16(12)21(28-11,29-20)19-18(26-19)17(14)24/h2-6,13,18-19,22H,7H2,1H3/t13-,18-,19-,20-,21-/m0/s1. The fraction of sp³-hybridized carbons (Fsp3) is 0.333. The second kappa shape index (κ2) is 4.62. The lowest BCUT2D eigenvalue weighted by Gasteiger charge is -2.56. The number of ketones is 2. The predicted molar refractivity (Wildman–Crippen MR) is 93.0 cm³/mol. The molecular formula is C21H14O8. The Labute approximate surface area is 163 Å². The zero-order valence-corrected chi connectivity index (χ0v) is 15.1. The number of Topliss-reactive ketones (excluding diaryl/α,β-unsaturated/α-hetero) is 2. The predicted octanol–water partition coefficient (Wildman–Crippen LogP) is 1.76. The summed E-state index contributed by atoms with van der Waals surface area (Å²) in [5.41, 5.74) is 1.32. The summed E-state index contributed by atoms with van der Waals surface area (Å²) in [7, 11) is 1.49. The number of carbonyl (C=O) groups excluding carboxylic acids is 2. The van der Waals surface area contributed by atoms with Crippen molar-refractivity contribution in [1.29, 1.82) is 0 Å². The number of epoxide rings is 1. The number of rotatable bonds is 1. The Bertz CT molecular complexity index is 1170. The van der Waals surface area contributed by atoms with E-state index in [1.165, 1.54) is 13.2 Å². The van der Waals surface area contributed by atoms with E-state index in [2.05, 4.69) is 0 Å². The van der Waals surface area contributed by atoms with E-state index in [1.807, 2.05) is 0 Å². The molecule has 2 aromatic rings. The van der Waals surface area contributed by atoms with Gasteiger partial charge in [-0.1, -0.05) is 12.1 Å². The van der Waals surface area contributed by atoms with E-state index >= 15 is 0 Å². The van der Waals surface area contributed by atoms with E-state index in [0.717, 1.165) is 0 Å². The van der Waals surface area contributed by atoms with Crippen LogP contribution in [0.15, 0.2) is 30.3 Å². The third-order valence-electron chi connectivity index (χ3n) is 6.45. The first-order chi connectivity index (χ1) is 14.0. The van der Waals surface area contributed by atoms with Crippen molar-refractivity contribution in [3.05, 3.63) is 52.6 Å². The Balaban J connectivity index is 1.60. The molecule has 0 unspecified atom stereocenters. The number of hydrogen-bond donors (Lipinski definition) is 1. The molecule has 3 aliphatic heterocycles. The molecular weight excluding hydrogens is 380 g/mol. The van der Waals surface area contributed by atoms with Crippen molar-refractivity contribution in [2.45, 2.75) is 36.3 Å². The molecule has 3 heterocycles. The lowest BCUT2D eigenvalue weighted by Crippen LogP contribution is -2.65. The molecule has 1 saturated heterocycles. The van der Waals surface area contributed by atoms with Crippen molar-refractivity contribution in [2.75, 3.05) is 7.11 Å². The summed E-state index contributed by atoms with van der Waals surface area (Å²) in [4.78, 5) is 25.5. The zero-order valence-electron chi connectivity index (χ0n) is 15.1. The fourth-order valence-electron chi connectivity index (χ4n) is 5.20. The van der Waals surface area contributed by atoms with E-state index in [1.54, 1.807) is 24.3 Å². The smallest absolute Gasteiger partial charge is 0.274 e. The maximum Gasteiger partial charge on any atom is 0.274 e. The number of phenols is 1. The lowest BCUT2D eigenvalue weighted by atomic mass is 9.77. The summed E-state index contributed by atoms with van der Waals surface area (Å²) in [6.45, 7) is 0. The van der Waals surface area contributed by atoms with Crippen LogP contribution in [0.3, 0.4) is 0 Å². The number of fused-ring (bicyclic) bond motifs is 1. The average Bonchev–Trinajstić information content (AvgIpc) is 3.52. The number of carbonyl (C=O) groups is 2. The molecule has 2 bridgehead atoms. The highest BCUT2D eigenvalue weighted by Gasteiger charge is 2.76. The van der Waals surface area contributed by atoms with Crippen molar-refractivity contribution in [3.8, 4) is 17.2 Å². The number of benzene rings is 2. The van der Waals surface area contributed by atoms with Gasteiger partial charge in [0.05, 0.1) is 16.7 Å². The maximum absolute atomic E-state index is 12.8. The summed E-state index contributed by atoms with van der Waals surface area (Å²) < 4.78 is 30.5. The third kappa shape index (κ3) is 1.57. The lowest BCUT2D eigenvalue weighted by molar-refractivity contribution is -0.390. The van der Waals surface area contributed by atoms with Gasteiger partial charge < -0.3 is 24.1 Å². The van der Waals surface area contributed by atoms with Crippen molar-refractivity contribution < 1.29 is 38.4 Å². The Morgan fingerprint density at radius 1 is 1.07 bits per heavy atom. The molecule has 2 spiro atoms. The van der Waals surface area contributed by atoms with Gasteiger partial charge in [-0.15, -0.1) is 0 Å². The van der Waals surface area contributed by atoms with E-state index in [-0.39, 0.29) is 29.3 Å². The van der Waals surface area contributed by atoms with Crippen LogP contribution in [0.25, 0.3) is 0 Å². The molecule has 1 fully saturated rings. The molecule has 5 atom stereocenters. The number of methoxy groups -OCH3 is 1. The van der Waals surface area contributed by atoms with Gasteiger partial charge in [-0.2, -0.15) is 0 Å². The fourth-order valence-corrected chi connectivity index (χ4v) is 5.20. The molecule has 0 radical (unpaired) electrons. The van der Waals surface area contributed by atoms with Crippen LogP contribution in [-0.2, 0) is 25.8 Å². The van der Waals surface area contributed by atoms with Crippen LogP contribution in [0.4, 0.5) is 0 Å². The van der Waals surface area contributed by atoms with Crippen molar-refractivity contribution >= 4 is 11.6 Å². The van der Waals surface area contributed by atoms with Gasteiger partial charge in [-0.25, -0.2) is 0 Å². The minimum atomic E-state index is -1.48. The molecule has 0 saturated carbocycles. The molecule has 5 aliphatic rings. The third-order valence-corrected chi connectivity index (χ3v) is 6.45. The van der Waals surface area contributed by atoms with Crippen LogP contribution in [-0.4, -0.2) is 42.1 Å². The summed E-state index contributed by atoms with van der Waals surface area (Å²) >= 11 is 0. The summed E-state index contributed by atoms with van der Waals surface area (Å²) in [5.74, 6) is -2.79. The quantitative estimate of drug-likeness (QED) is 0.730. The number of phenolic OH excluding ortho intramolecular Hbond substituents is 1.